The molecular weight excluding hydrogens is 162 g/mol. The summed E-state index contributed by atoms with van der Waals surface area (Å²) >= 11 is 0. The van der Waals surface area contributed by atoms with Gasteiger partial charge in [-0.1, -0.05) is 12.2 Å². The summed E-state index contributed by atoms with van der Waals surface area (Å²) in [7, 11) is 0. The lowest BCUT2D eigenvalue weighted by molar-refractivity contribution is 0.526. The third-order valence-electron chi connectivity index (χ3n) is 2.18. The fourth-order valence-corrected chi connectivity index (χ4v) is 1.44. The summed E-state index contributed by atoms with van der Waals surface area (Å²) in [6.07, 6.45) is 10.2. The molecule has 0 radical (unpaired) electrons. The molecule has 0 bridgehead atoms. The molecule has 13 heavy (non-hydrogen) atoms. The van der Waals surface area contributed by atoms with Crippen LogP contribution >= 0.6 is 0 Å². The third kappa shape index (κ3) is 2.36. The molecule has 0 aliphatic heterocycles. The molecule has 1 N–H and O–H groups in total. The van der Waals surface area contributed by atoms with E-state index in [1.807, 2.05) is 6.07 Å². The van der Waals surface area contributed by atoms with E-state index in [0.29, 0.717) is 6.04 Å². The van der Waals surface area contributed by atoms with Crippen molar-refractivity contribution in [2.24, 2.45) is 0 Å². The summed E-state index contributed by atoms with van der Waals surface area (Å²) in [5.74, 6) is 0.870. The van der Waals surface area contributed by atoms with Crippen molar-refractivity contribution in [3.05, 3.63) is 36.4 Å². The monoisotopic (exact) mass is 175 g/mol. The molecule has 2 rings (SSSR count). The van der Waals surface area contributed by atoms with Crippen LogP contribution in [0.15, 0.2) is 30.6 Å². The van der Waals surface area contributed by atoms with Crippen molar-refractivity contribution in [2.75, 3.05) is 0 Å². The minimum atomic E-state index is 0.587. The van der Waals surface area contributed by atoms with E-state index >= 15 is 0 Å². The van der Waals surface area contributed by atoms with Crippen LogP contribution in [-0.2, 0) is 6.54 Å². The Kier molecular flexibility index (Phi) is 2.67. The molecule has 0 saturated carbocycles. The Balaban J connectivity index is 1.80. The van der Waals surface area contributed by atoms with E-state index in [4.69, 9.17) is 0 Å². The smallest absolute Gasteiger partial charge is 0.141 e. The van der Waals surface area contributed by atoms with Crippen LogP contribution in [0.5, 0.6) is 0 Å². The lowest BCUT2D eigenvalue weighted by atomic mass is 10.2. The lowest BCUT2D eigenvalue weighted by Crippen LogP contribution is -2.26. The summed E-state index contributed by atoms with van der Waals surface area (Å²) in [6.45, 7) is 0.771. The standard InChI is InChI=1S/C10H13N3/c1-2-5-9(4-1)13-8-10-11-6-3-7-12-10/h1-3,6-7,9,13H,4-5,8H2. The van der Waals surface area contributed by atoms with Crippen LogP contribution in [0.25, 0.3) is 0 Å². The van der Waals surface area contributed by atoms with E-state index in [1.54, 1.807) is 12.4 Å². The van der Waals surface area contributed by atoms with Gasteiger partial charge in [0.2, 0.25) is 0 Å². The third-order valence-corrected chi connectivity index (χ3v) is 2.18. The topological polar surface area (TPSA) is 37.8 Å². The minimum Gasteiger partial charge on any atom is -0.306 e. The molecule has 3 nitrogen and oxygen atoms in total. The van der Waals surface area contributed by atoms with Crippen molar-refractivity contribution < 1.29 is 0 Å². The largest absolute Gasteiger partial charge is 0.306 e. The normalized spacial score (nSPS) is 16.6. The van der Waals surface area contributed by atoms with Crippen molar-refractivity contribution in [1.29, 1.82) is 0 Å². The van der Waals surface area contributed by atoms with Gasteiger partial charge in [-0.25, -0.2) is 9.97 Å². The van der Waals surface area contributed by atoms with Gasteiger partial charge in [-0.15, -0.1) is 0 Å². The molecule has 0 fully saturated rings. The van der Waals surface area contributed by atoms with Gasteiger partial charge in [0, 0.05) is 18.4 Å². The fourth-order valence-electron chi connectivity index (χ4n) is 1.44. The highest BCUT2D eigenvalue weighted by atomic mass is 15.0. The second-order valence-corrected chi connectivity index (χ2v) is 3.19. The van der Waals surface area contributed by atoms with Crippen LogP contribution in [0.1, 0.15) is 18.7 Å². The summed E-state index contributed by atoms with van der Waals surface area (Å²) in [5.41, 5.74) is 0. The van der Waals surface area contributed by atoms with Gasteiger partial charge in [0.15, 0.2) is 0 Å². The number of hydrogen-bond donors (Lipinski definition) is 1. The highest BCUT2D eigenvalue weighted by Crippen LogP contribution is 2.09. The number of rotatable bonds is 3. The Morgan fingerprint density at radius 1 is 1.23 bits per heavy atom. The Bertz CT molecular complexity index is 273. The molecule has 1 aromatic rings. The zero-order chi connectivity index (χ0) is 8.93. The highest BCUT2D eigenvalue weighted by molar-refractivity contribution is 4.98. The van der Waals surface area contributed by atoms with E-state index in [9.17, 15) is 0 Å². The van der Waals surface area contributed by atoms with Gasteiger partial charge in [-0.3, -0.25) is 0 Å². The predicted molar refractivity (Wildman–Crippen MR) is 51.0 cm³/mol. The van der Waals surface area contributed by atoms with Gasteiger partial charge < -0.3 is 5.32 Å². The first kappa shape index (κ1) is 8.38. The highest BCUT2D eigenvalue weighted by Gasteiger charge is 2.08. The molecular formula is C10H13N3. The first-order chi connectivity index (χ1) is 6.45. The maximum atomic E-state index is 4.15. The maximum absolute atomic E-state index is 4.15. The van der Waals surface area contributed by atoms with Gasteiger partial charge in [-0.2, -0.15) is 0 Å². The zero-order valence-corrected chi connectivity index (χ0v) is 7.48. The van der Waals surface area contributed by atoms with Crippen molar-refractivity contribution in [2.45, 2.75) is 25.4 Å². The predicted octanol–water partition coefficient (Wildman–Crippen LogP) is 1.28. The van der Waals surface area contributed by atoms with Gasteiger partial charge in [0.05, 0.1) is 6.54 Å². The van der Waals surface area contributed by atoms with E-state index in [2.05, 4.69) is 27.4 Å². The van der Waals surface area contributed by atoms with E-state index in [0.717, 1.165) is 25.2 Å². The molecule has 3 heteroatoms. The number of aromatic nitrogens is 2. The summed E-state index contributed by atoms with van der Waals surface area (Å²) in [4.78, 5) is 8.29. The Morgan fingerprint density at radius 3 is 2.62 bits per heavy atom. The molecule has 0 saturated heterocycles. The number of hydrogen-bond acceptors (Lipinski definition) is 3. The van der Waals surface area contributed by atoms with Crippen LogP contribution in [0.2, 0.25) is 0 Å². The van der Waals surface area contributed by atoms with Crippen LogP contribution in [-0.4, -0.2) is 16.0 Å². The van der Waals surface area contributed by atoms with Crippen molar-refractivity contribution in [1.82, 2.24) is 15.3 Å². The van der Waals surface area contributed by atoms with E-state index in [1.165, 1.54) is 0 Å². The molecule has 1 aromatic heterocycles. The SMILES string of the molecule is C1=CCC(NCc2ncccn2)C1. The van der Waals surface area contributed by atoms with Crippen LogP contribution in [0, 0.1) is 0 Å². The Morgan fingerprint density at radius 2 is 1.92 bits per heavy atom. The zero-order valence-electron chi connectivity index (χ0n) is 7.48. The number of nitrogens with zero attached hydrogens (tertiary/aromatic N) is 2. The second kappa shape index (κ2) is 4.14. The van der Waals surface area contributed by atoms with Crippen molar-refractivity contribution in [3.63, 3.8) is 0 Å². The molecule has 1 heterocycles. The number of nitrogens with one attached hydrogen (secondary N) is 1. The first-order valence-electron chi connectivity index (χ1n) is 4.59. The summed E-state index contributed by atoms with van der Waals surface area (Å²) in [5, 5.41) is 3.41. The lowest BCUT2D eigenvalue weighted by Gasteiger charge is -2.10. The average molecular weight is 175 g/mol. The molecule has 0 aromatic carbocycles. The molecule has 0 atom stereocenters. The van der Waals surface area contributed by atoms with Gasteiger partial charge >= 0.3 is 0 Å². The van der Waals surface area contributed by atoms with Gasteiger partial charge in [0.1, 0.15) is 5.82 Å². The summed E-state index contributed by atoms with van der Waals surface area (Å²) in [6, 6.07) is 2.42. The molecule has 1 aliphatic rings. The van der Waals surface area contributed by atoms with Gasteiger partial charge in [-0.05, 0) is 18.9 Å². The van der Waals surface area contributed by atoms with E-state index < -0.39 is 0 Å². The molecule has 68 valence electrons. The molecule has 0 unspecified atom stereocenters. The van der Waals surface area contributed by atoms with Gasteiger partial charge in [0.25, 0.3) is 0 Å². The van der Waals surface area contributed by atoms with Crippen molar-refractivity contribution >= 4 is 0 Å². The average Bonchev–Trinajstić information content (AvgIpc) is 2.69. The van der Waals surface area contributed by atoms with E-state index in [-0.39, 0.29) is 0 Å². The first-order valence-corrected chi connectivity index (χ1v) is 4.59. The Labute approximate surface area is 77.9 Å². The fraction of sp³-hybridized carbons (Fsp3) is 0.400. The van der Waals surface area contributed by atoms with Crippen LogP contribution in [0.4, 0.5) is 0 Å². The summed E-state index contributed by atoms with van der Waals surface area (Å²) < 4.78 is 0. The Hall–Kier alpha value is -1.22. The molecule has 0 spiro atoms. The van der Waals surface area contributed by atoms with Crippen LogP contribution in [0.3, 0.4) is 0 Å². The maximum Gasteiger partial charge on any atom is 0.141 e. The van der Waals surface area contributed by atoms with Crippen molar-refractivity contribution in [3.8, 4) is 0 Å². The minimum absolute atomic E-state index is 0.587. The molecule has 1 aliphatic carbocycles. The molecule has 0 amide bonds. The van der Waals surface area contributed by atoms with Crippen LogP contribution < -0.4 is 5.32 Å². The second-order valence-electron chi connectivity index (χ2n) is 3.19. The quantitative estimate of drug-likeness (QED) is 0.703.